The van der Waals surface area contributed by atoms with Gasteiger partial charge in [0.25, 0.3) is 5.79 Å². The van der Waals surface area contributed by atoms with Crippen LogP contribution in [0.25, 0.3) is 0 Å². The highest BCUT2D eigenvalue weighted by Crippen LogP contribution is 2.60. The van der Waals surface area contributed by atoms with E-state index in [9.17, 15) is 25.5 Å². The van der Waals surface area contributed by atoms with Crippen molar-refractivity contribution in [3.05, 3.63) is 0 Å². The van der Waals surface area contributed by atoms with E-state index in [0.29, 0.717) is 77.0 Å². The van der Waals surface area contributed by atoms with Crippen molar-refractivity contribution in [2.75, 3.05) is 19.8 Å². The first-order valence-electron chi connectivity index (χ1n) is 66.4. The van der Waals surface area contributed by atoms with Gasteiger partial charge in [-0.2, -0.15) is 0 Å². The molecule has 0 bridgehead atoms. The van der Waals surface area contributed by atoms with Gasteiger partial charge in [-0.1, -0.05) is 672 Å². The third-order valence-corrected chi connectivity index (χ3v) is 35.0. The summed E-state index contributed by atoms with van der Waals surface area (Å²) in [6, 6.07) is 0. The maximum Gasteiger partial charge on any atom is 0.273 e. The van der Waals surface area contributed by atoms with Crippen molar-refractivity contribution in [3.63, 3.8) is 0 Å². The van der Waals surface area contributed by atoms with Gasteiger partial charge in [0.2, 0.25) is 17.0 Å². The van der Waals surface area contributed by atoms with Crippen LogP contribution in [0, 0.1) is 17.3 Å². The third-order valence-electron chi connectivity index (χ3n) is 35.0. The van der Waals surface area contributed by atoms with Crippen LogP contribution in [0.5, 0.6) is 0 Å². The highest BCUT2D eigenvalue weighted by Gasteiger charge is 2.88. The van der Waals surface area contributed by atoms with Gasteiger partial charge in [-0.3, -0.25) is 19.2 Å². The lowest BCUT2D eigenvalue weighted by Gasteiger charge is -2.64. The minimum atomic E-state index is -4.12. The molecule has 3 unspecified atom stereocenters. The molecule has 0 saturated carbocycles. The number of aliphatic hydroxyl groups excluding tert-OH is 5. The number of hydrogen-bond donors (Lipinski definition) is 8. The number of rotatable bonds is 117. The van der Waals surface area contributed by atoms with Crippen LogP contribution >= 0.6 is 0 Å². The van der Waals surface area contributed by atoms with E-state index in [4.69, 9.17) is 14.2 Å². The molecule has 2 heterocycles. The Labute approximate surface area is 911 Å². The quantitative estimate of drug-likeness (QED) is 0.0263. The molecule has 0 aliphatic carbocycles. The number of aliphatic hydroxyl groups is 8. The van der Waals surface area contributed by atoms with Gasteiger partial charge in [0.05, 0.1) is 13.2 Å². The molecule has 11 atom stereocenters. The topological polar surface area (TPSA) is 258 Å². The van der Waals surface area contributed by atoms with Gasteiger partial charge in [-0.25, -0.2) is 0 Å². The Bertz CT molecular complexity index is 2870. The van der Waals surface area contributed by atoms with Crippen molar-refractivity contribution < 1.29 is 74.2 Å². The molecular formula is C132H254O15. The zero-order valence-electron chi connectivity index (χ0n) is 99.3. The molecule has 0 radical (unpaired) electrons. The Hall–Kier alpha value is -1.76. The molecule has 2 saturated heterocycles. The minimum Gasteiger partial charge on any atom is -0.394 e. The summed E-state index contributed by atoms with van der Waals surface area (Å²) in [5.41, 5.74) is -13.5. The maximum atomic E-state index is 18.4. The van der Waals surface area contributed by atoms with E-state index in [1.54, 1.807) is 0 Å². The predicted molar refractivity (Wildman–Crippen MR) is 624 cm³/mol. The molecule has 8 N–H and O–H groups in total. The van der Waals surface area contributed by atoms with Gasteiger partial charge in [-0.05, 0) is 51.4 Å². The van der Waals surface area contributed by atoms with Gasteiger partial charge in [0.1, 0.15) is 31.0 Å². The molecule has 15 heteroatoms. The number of carbonyl (C=O) groups is 4. The molecule has 2 aliphatic rings. The monoisotopic (exact) mass is 2080 g/mol. The number of Topliss-reactive ketones (excluding diaryl/α,β-unsaturated/α-hetero) is 4. The fourth-order valence-corrected chi connectivity index (χ4v) is 25.1. The van der Waals surface area contributed by atoms with Gasteiger partial charge < -0.3 is 55.1 Å². The number of unbranched alkanes of at least 4 members (excludes halogenated alkanes) is 89. The van der Waals surface area contributed by atoms with Crippen LogP contribution in [0.1, 0.15) is 730 Å². The van der Waals surface area contributed by atoms with Crippen LogP contribution in [-0.2, 0) is 33.4 Å². The van der Waals surface area contributed by atoms with Crippen molar-refractivity contribution in [3.8, 4) is 0 Å². The van der Waals surface area contributed by atoms with E-state index < -0.39 is 119 Å². The Morgan fingerprint density at radius 3 is 0.680 bits per heavy atom. The van der Waals surface area contributed by atoms with E-state index in [-0.39, 0.29) is 51.4 Å². The predicted octanol–water partition coefficient (Wildman–Crippen LogP) is 37.7. The van der Waals surface area contributed by atoms with Gasteiger partial charge >= 0.3 is 0 Å². The van der Waals surface area contributed by atoms with Crippen LogP contribution in [-0.4, -0.2) is 137 Å². The fourth-order valence-electron chi connectivity index (χ4n) is 25.1. The highest BCUT2D eigenvalue weighted by molar-refractivity contribution is 6.12. The molecule has 0 amide bonds. The van der Waals surface area contributed by atoms with Crippen molar-refractivity contribution in [2.24, 2.45) is 17.3 Å². The van der Waals surface area contributed by atoms with E-state index >= 15 is 34.5 Å². The lowest BCUT2D eigenvalue weighted by Crippen LogP contribution is -2.93. The smallest absolute Gasteiger partial charge is 0.273 e. The maximum absolute atomic E-state index is 18.4. The minimum absolute atomic E-state index is 0.0704. The average molecular weight is 2080 g/mol. The van der Waals surface area contributed by atoms with Crippen LogP contribution in [0.4, 0.5) is 0 Å². The molecule has 147 heavy (non-hydrogen) atoms. The van der Waals surface area contributed by atoms with Crippen molar-refractivity contribution in [1.29, 1.82) is 0 Å². The van der Waals surface area contributed by atoms with Crippen LogP contribution in [0.15, 0.2) is 0 Å². The number of hydrogen-bond acceptors (Lipinski definition) is 15. The number of ketones is 4. The molecule has 2 rings (SSSR count). The second-order valence-corrected chi connectivity index (χ2v) is 48.2. The summed E-state index contributed by atoms with van der Waals surface area (Å²) >= 11 is 0. The second-order valence-electron chi connectivity index (χ2n) is 48.2. The molecule has 15 nitrogen and oxygen atoms in total. The molecular weight excluding hydrogens is 1830 g/mol. The number of carbonyl (C=O) groups excluding carboxylic acids is 4. The Balaban J connectivity index is 3.11. The Morgan fingerprint density at radius 1 is 0.259 bits per heavy atom. The summed E-state index contributed by atoms with van der Waals surface area (Å²) in [6.07, 6.45) is 98.9. The summed E-state index contributed by atoms with van der Waals surface area (Å²) < 4.78 is 20.9. The molecule has 0 spiro atoms. The van der Waals surface area contributed by atoms with Gasteiger partial charge in [0, 0.05) is 23.7 Å². The normalized spacial score (nSPS) is 20.6. The SMILES string of the molecule is CCCCCCCCCCCCCCCCCCCCCCC(CCCCCC)C(=O)[C@@]1(OC2(CO)O[C@H](CO)[C@@H](O)[C@@H]2O)O[C@H](CO)[C@](O)(C(=O)C(CCCCCC)(CCCCCCCCCCCCCCCCCCCCCC)CCCCCCCCCCCCCCCCCCCCCC)[C@@](O)(C(=O)C(CCCCCC)CCCCCCCCCCCCCCCCCCCCCC)[C@]1(O)C(=O)CCCCCCC. The lowest BCUT2D eigenvalue weighted by atomic mass is 9.51. The van der Waals surface area contributed by atoms with Gasteiger partial charge in [0.15, 0.2) is 28.7 Å². The average Bonchev–Trinajstić information content (AvgIpc) is 1.21. The summed E-state index contributed by atoms with van der Waals surface area (Å²) in [5.74, 6) is -13.9. The fraction of sp³-hybridized carbons (Fsp3) is 0.970. The van der Waals surface area contributed by atoms with Crippen molar-refractivity contribution in [1.82, 2.24) is 0 Å². The largest absolute Gasteiger partial charge is 0.394 e. The van der Waals surface area contributed by atoms with Crippen molar-refractivity contribution in [2.45, 2.75) is 782 Å². The summed E-state index contributed by atoms with van der Waals surface area (Å²) in [6.45, 7) is 13.9. The van der Waals surface area contributed by atoms with Crippen LogP contribution in [0.3, 0.4) is 0 Å². The summed E-state index contributed by atoms with van der Waals surface area (Å²) in [5, 5.41) is 108. The summed E-state index contributed by atoms with van der Waals surface area (Å²) in [7, 11) is 0. The van der Waals surface area contributed by atoms with Crippen LogP contribution in [0.2, 0.25) is 0 Å². The first-order valence-corrected chi connectivity index (χ1v) is 66.4. The number of ether oxygens (including phenoxy) is 3. The Kier molecular flexibility index (Phi) is 92.6. The first-order chi connectivity index (χ1) is 71.8. The van der Waals surface area contributed by atoms with E-state index in [1.807, 2.05) is 0 Å². The zero-order valence-corrected chi connectivity index (χ0v) is 99.3. The molecule has 2 fully saturated rings. The van der Waals surface area contributed by atoms with Crippen molar-refractivity contribution >= 4 is 23.1 Å². The van der Waals surface area contributed by atoms with E-state index in [2.05, 4.69) is 55.4 Å². The second kappa shape index (κ2) is 96.4. The molecule has 0 aromatic carbocycles. The third kappa shape index (κ3) is 59.1. The first kappa shape index (κ1) is 141. The lowest BCUT2D eigenvalue weighted by molar-refractivity contribution is -0.450. The van der Waals surface area contributed by atoms with Gasteiger partial charge in [-0.15, -0.1) is 0 Å². The molecule has 0 aromatic rings. The molecule has 872 valence electrons. The van der Waals surface area contributed by atoms with E-state index in [1.165, 1.54) is 360 Å². The van der Waals surface area contributed by atoms with E-state index in [0.717, 1.165) is 180 Å². The molecule has 2 aliphatic heterocycles. The summed E-state index contributed by atoms with van der Waals surface area (Å²) in [4.78, 5) is 71.9. The standard InChI is InChI=1S/C132H254O15/c1-9-17-25-33-37-41-45-49-53-57-61-65-69-73-77-81-85-89-94-100-107-117(106-98-30-22-14-6)123(138)131(144)129(142,126(141)127(111-103-32-24-16-8,112-104-96-91-87-83-79-75-71-67-63-59-55-51-47-43-39-35-27-19-11-3)113-105-97-92-88-84-80-76-72-68-64-60-56-52-48-44-40-36-28-20-12-4)121(115-134)146-132(130(131,143)120(136)110-102-93-29-21-13-5,147-128(116-135)125(140)122(137)119(114-133)145-128)124(139)118(108-99-31-23-15-7)109-101-95-90-86-82-78-74-70-66-62-58-54-50-46-42-38-34-26-18-10-2/h117-119,121-122,125,133-135,137,140,142-144H,9-116H2,1-8H3/t117?,118?,119-,121-,122-,125+,128?,129+,130-,131+,132+/m1/s1. The zero-order chi connectivity index (χ0) is 107. The highest BCUT2D eigenvalue weighted by atomic mass is 16.8. The van der Waals surface area contributed by atoms with Crippen LogP contribution < -0.4 is 0 Å². The molecule has 0 aromatic heterocycles. The Morgan fingerprint density at radius 2 is 0.463 bits per heavy atom.